The van der Waals surface area contributed by atoms with E-state index in [9.17, 15) is 22.8 Å². The molecular weight excluding hydrogens is 389 g/mol. The standard InChI is InChI=1S/C19H21F3N4O3/c1-4-16(27)26-15-7-13(6-12(3)25-15)8-23-17(28)14-5-11(2)18(24-9-14)29-10-19(20,21)22/h5-7,9H,4,8,10H2,1-3H3,(H,23,28)(H,25,26,27). The second kappa shape index (κ2) is 9.35. The van der Waals surface area contributed by atoms with Crippen molar-refractivity contribution in [1.82, 2.24) is 15.3 Å². The minimum Gasteiger partial charge on any atom is -0.468 e. The van der Waals surface area contributed by atoms with Crippen LogP contribution in [-0.2, 0) is 11.3 Å². The number of aryl methyl sites for hydroxylation is 2. The first-order valence-electron chi connectivity index (χ1n) is 8.79. The molecule has 10 heteroatoms. The monoisotopic (exact) mass is 410 g/mol. The highest BCUT2D eigenvalue weighted by molar-refractivity contribution is 5.94. The molecule has 29 heavy (non-hydrogen) atoms. The molecule has 2 amide bonds. The van der Waals surface area contributed by atoms with Gasteiger partial charge in [-0.05, 0) is 37.6 Å². The summed E-state index contributed by atoms with van der Waals surface area (Å²) in [6, 6.07) is 4.82. The number of pyridine rings is 2. The molecule has 2 rings (SSSR count). The van der Waals surface area contributed by atoms with Crippen LogP contribution >= 0.6 is 0 Å². The van der Waals surface area contributed by atoms with Gasteiger partial charge in [0.1, 0.15) is 5.82 Å². The number of halogens is 3. The highest BCUT2D eigenvalue weighted by atomic mass is 19.4. The molecule has 2 N–H and O–H groups in total. The second-order valence-corrected chi connectivity index (χ2v) is 6.34. The first-order valence-corrected chi connectivity index (χ1v) is 8.79. The Hall–Kier alpha value is -3.17. The van der Waals surface area contributed by atoms with E-state index in [0.29, 0.717) is 23.5 Å². The SMILES string of the molecule is CCC(=O)Nc1cc(CNC(=O)c2cnc(OCC(F)(F)F)c(C)c2)cc(C)n1. The predicted octanol–water partition coefficient (Wildman–Crippen LogP) is 3.31. The summed E-state index contributed by atoms with van der Waals surface area (Å²) in [6.07, 6.45) is -3.00. The van der Waals surface area contributed by atoms with Crippen LogP contribution in [-0.4, -0.2) is 34.6 Å². The van der Waals surface area contributed by atoms with E-state index in [2.05, 4.69) is 25.3 Å². The number of hydrogen-bond acceptors (Lipinski definition) is 5. The van der Waals surface area contributed by atoms with Crippen molar-refractivity contribution in [3.63, 3.8) is 0 Å². The fourth-order valence-electron chi connectivity index (χ4n) is 2.41. The van der Waals surface area contributed by atoms with Gasteiger partial charge in [0.2, 0.25) is 11.8 Å². The van der Waals surface area contributed by atoms with Crippen LogP contribution in [0.15, 0.2) is 24.4 Å². The number of ether oxygens (including phenoxy) is 1. The van der Waals surface area contributed by atoms with Gasteiger partial charge in [-0.3, -0.25) is 9.59 Å². The van der Waals surface area contributed by atoms with Gasteiger partial charge >= 0.3 is 6.18 Å². The minimum absolute atomic E-state index is 0.169. The summed E-state index contributed by atoms with van der Waals surface area (Å²) >= 11 is 0. The second-order valence-electron chi connectivity index (χ2n) is 6.34. The van der Waals surface area contributed by atoms with Gasteiger partial charge in [0.15, 0.2) is 6.61 Å². The lowest BCUT2D eigenvalue weighted by molar-refractivity contribution is -0.154. The van der Waals surface area contributed by atoms with Gasteiger partial charge in [0, 0.05) is 30.4 Å². The number of carbonyl (C=O) groups excluding carboxylic acids is 2. The lowest BCUT2D eigenvalue weighted by Gasteiger charge is -2.12. The van der Waals surface area contributed by atoms with Crippen molar-refractivity contribution in [2.75, 3.05) is 11.9 Å². The Morgan fingerprint density at radius 1 is 1.17 bits per heavy atom. The molecule has 0 aliphatic carbocycles. The van der Waals surface area contributed by atoms with E-state index < -0.39 is 18.7 Å². The zero-order valence-electron chi connectivity index (χ0n) is 16.2. The van der Waals surface area contributed by atoms with Gasteiger partial charge < -0.3 is 15.4 Å². The van der Waals surface area contributed by atoms with Gasteiger partial charge in [-0.25, -0.2) is 9.97 Å². The normalized spacial score (nSPS) is 11.1. The van der Waals surface area contributed by atoms with Crippen molar-refractivity contribution in [3.8, 4) is 5.88 Å². The molecule has 0 radical (unpaired) electrons. The molecule has 2 aromatic rings. The summed E-state index contributed by atoms with van der Waals surface area (Å²) in [5.41, 5.74) is 1.90. The summed E-state index contributed by atoms with van der Waals surface area (Å²) in [4.78, 5) is 31.9. The van der Waals surface area contributed by atoms with E-state index >= 15 is 0 Å². The molecule has 2 heterocycles. The smallest absolute Gasteiger partial charge is 0.422 e. The number of nitrogens with one attached hydrogen (secondary N) is 2. The average Bonchev–Trinajstić information content (AvgIpc) is 2.63. The van der Waals surface area contributed by atoms with Gasteiger partial charge in [-0.2, -0.15) is 13.2 Å². The van der Waals surface area contributed by atoms with E-state index in [-0.39, 0.29) is 23.9 Å². The number of carbonyl (C=O) groups is 2. The van der Waals surface area contributed by atoms with Gasteiger partial charge in [0.05, 0.1) is 5.56 Å². The van der Waals surface area contributed by atoms with Gasteiger partial charge in [-0.1, -0.05) is 6.92 Å². The summed E-state index contributed by atoms with van der Waals surface area (Å²) in [5, 5.41) is 5.36. The molecule has 0 aliphatic heterocycles. The van der Waals surface area contributed by atoms with Crippen LogP contribution < -0.4 is 15.4 Å². The van der Waals surface area contributed by atoms with E-state index in [4.69, 9.17) is 0 Å². The molecule has 0 fully saturated rings. The molecule has 0 unspecified atom stereocenters. The van der Waals surface area contributed by atoms with Crippen molar-refractivity contribution in [3.05, 3.63) is 46.8 Å². The number of nitrogens with zero attached hydrogens (tertiary/aromatic N) is 2. The lowest BCUT2D eigenvalue weighted by atomic mass is 10.2. The van der Waals surface area contributed by atoms with Gasteiger partial charge in [-0.15, -0.1) is 0 Å². The van der Waals surface area contributed by atoms with Crippen LogP contribution in [0.2, 0.25) is 0 Å². The number of anilines is 1. The number of alkyl halides is 3. The van der Waals surface area contributed by atoms with Crippen molar-refractivity contribution in [2.24, 2.45) is 0 Å². The van der Waals surface area contributed by atoms with Gasteiger partial charge in [0.25, 0.3) is 5.91 Å². The van der Waals surface area contributed by atoms with E-state index in [1.165, 1.54) is 13.0 Å². The first kappa shape index (κ1) is 22.1. The van der Waals surface area contributed by atoms with Crippen LogP contribution in [0.5, 0.6) is 5.88 Å². The molecule has 0 aliphatic rings. The maximum atomic E-state index is 12.3. The molecule has 7 nitrogen and oxygen atoms in total. The number of aromatic nitrogens is 2. The Kier molecular flexibility index (Phi) is 7.13. The molecule has 0 atom stereocenters. The Balaban J connectivity index is 2.02. The largest absolute Gasteiger partial charge is 0.468 e. The number of rotatable bonds is 7. The highest BCUT2D eigenvalue weighted by Gasteiger charge is 2.29. The third kappa shape index (κ3) is 7.05. The van der Waals surface area contributed by atoms with Crippen LogP contribution in [0.3, 0.4) is 0 Å². The molecule has 0 saturated heterocycles. The third-order valence-electron chi connectivity index (χ3n) is 3.72. The molecule has 0 spiro atoms. The summed E-state index contributed by atoms with van der Waals surface area (Å²) < 4.78 is 41.4. The molecule has 0 bridgehead atoms. The molecular formula is C19H21F3N4O3. The maximum Gasteiger partial charge on any atom is 0.422 e. The van der Waals surface area contributed by atoms with E-state index in [1.54, 1.807) is 26.0 Å². The van der Waals surface area contributed by atoms with Crippen molar-refractivity contribution < 1.29 is 27.5 Å². The summed E-state index contributed by atoms with van der Waals surface area (Å²) in [7, 11) is 0. The van der Waals surface area contributed by atoms with E-state index in [0.717, 1.165) is 11.8 Å². The Morgan fingerprint density at radius 2 is 1.90 bits per heavy atom. The maximum absolute atomic E-state index is 12.3. The molecule has 2 aromatic heterocycles. The Bertz CT molecular complexity index is 901. The number of hydrogen-bond donors (Lipinski definition) is 2. The summed E-state index contributed by atoms with van der Waals surface area (Å²) in [6.45, 7) is 3.71. The topological polar surface area (TPSA) is 93.2 Å². The third-order valence-corrected chi connectivity index (χ3v) is 3.72. The molecule has 0 aromatic carbocycles. The van der Waals surface area contributed by atoms with Crippen LogP contribution in [0.1, 0.15) is 40.5 Å². The Labute approximate surface area is 165 Å². The number of amides is 2. The van der Waals surface area contributed by atoms with Crippen molar-refractivity contribution >= 4 is 17.6 Å². The van der Waals surface area contributed by atoms with Crippen LogP contribution in [0, 0.1) is 13.8 Å². The highest BCUT2D eigenvalue weighted by Crippen LogP contribution is 2.20. The zero-order valence-corrected chi connectivity index (χ0v) is 16.2. The quantitative estimate of drug-likeness (QED) is 0.731. The van der Waals surface area contributed by atoms with Crippen molar-refractivity contribution in [2.45, 2.75) is 39.9 Å². The summed E-state index contributed by atoms with van der Waals surface area (Å²) in [5.74, 6) is -0.409. The molecule has 0 saturated carbocycles. The minimum atomic E-state index is -4.47. The lowest BCUT2D eigenvalue weighted by Crippen LogP contribution is -2.24. The Morgan fingerprint density at radius 3 is 2.52 bits per heavy atom. The fourth-order valence-corrected chi connectivity index (χ4v) is 2.41. The molecule has 156 valence electrons. The fraction of sp³-hybridized carbons (Fsp3) is 0.368. The first-order chi connectivity index (χ1) is 13.6. The average molecular weight is 410 g/mol. The van der Waals surface area contributed by atoms with E-state index in [1.807, 2.05) is 0 Å². The van der Waals surface area contributed by atoms with Crippen LogP contribution in [0.4, 0.5) is 19.0 Å². The van der Waals surface area contributed by atoms with Crippen LogP contribution in [0.25, 0.3) is 0 Å². The zero-order chi connectivity index (χ0) is 21.6. The predicted molar refractivity (Wildman–Crippen MR) is 99.6 cm³/mol. The van der Waals surface area contributed by atoms with Crippen molar-refractivity contribution in [1.29, 1.82) is 0 Å².